The van der Waals surface area contributed by atoms with Crippen LogP contribution in [0.1, 0.15) is 33.1 Å². The van der Waals surface area contributed by atoms with Gasteiger partial charge in [-0.3, -0.25) is 0 Å². The Balaban J connectivity index is 0. The van der Waals surface area contributed by atoms with Crippen LogP contribution in [0, 0.1) is 0 Å². The van der Waals surface area contributed by atoms with Crippen molar-refractivity contribution in [3.05, 3.63) is 0 Å². The molecule has 0 amide bonds. The first-order valence-corrected chi connectivity index (χ1v) is 2.99. The molecule has 0 aromatic rings. The highest BCUT2D eigenvalue weighted by atomic mass is 16.3. The van der Waals surface area contributed by atoms with Gasteiger partial charge < -0.3 is 10.6 Å². The monoisotopic (exact) mass is 120 g/mol. The van der Waals surface area contributed by atoms with Crippen LogP contribution in [0.15, 0.2) is 0 Å². The normalized spacial score (nSPS) is 12.4. The molecule has 3 N–H and O–H groups in total. The summed E-state index contributed by atoms with van der Waals surface area (Å²) in [6.07, 6.45) is 2.89. The average Bonchev–Trinajstić information content (AvgIpc) is 1.68. The van der Waals surface area contributed by atoms with E-state index >= 15 is 0 Å². The van der Waals surface area contributed by atoms with Crippen LogP contribution in [0.4, 0.5) is 0 Å². The van der Waals surface area contributed by atoms with Crippen LogP contribution in [0.2, 0.25) is 0 Å². The van der Waals surface area contributed by atoms with Crippen LogP contribution in [-0.4, -0.2) is 16.7 Å². The molecule has 52 valence electrons. The predicted molar refractivity (Wildman–Crippen MR) is 34.8 cm³/mol. The van der Waals surface area contributed by atoms with Gasteiger partial charge in [-0.2, -0.15) is 0 Å². The SMILES string of the molecule is CCCC(O)CC.O. The van der Waals surface area contributed by atoms with E-state index in [-0.39, 0.29) is 11.6 Å². The summed E-state index contributed by atoms with van der Waals surface area (Å²) < 4.78 is 0. The lowest BCUT2D eigenvalue weighted by molar-refractivity contribution is 0.159. The molecule has 0 heterocycles. The summed E-state index contributed by atoms with van der Waals surface area (Å²) in [5.74, 6) is 0. The molecule has 0 saturated heterocycles. The largest absolute Gasteiger partial charge is 0.412 e. The average molecular weight is 120 g/mol. The third-order valence-corrected chi connectivity index (χ3v) is 1.09. The van der Waals surface area contributed by atoms with E-state index in [0.29, 0.717) is 0 Å². The standard InChI is InChI=1S/C6H14O.H2O/c1-3-5-6(7)4-2;/h6-7H,3-5H2,1-2H3;1H2. The number of hydrogen-bond donors (Lipinski definition) is 1. The quantitative estimate of drug-likeness (QED) is 0.586. The van der Waals surface area contributed by atoms with Crippen LogP contribution in [0.25, 0.3) is 0 Å². The van der Waals surface area contributed by atoms with E-state index in [2.05, 4.69) is 6.92 Å². The maximum absolute atomic E-state index is 8.86. The first kappa shape index (κ1) is 10.8. The molecule has 0 bridgehead atoms. The van der Waals surface area contributed by atoms with Crippen LogP contribution < -0.4 is 0 Å². The van der Waals surface area contributed by atoms with Gasteiger partial charge in [-0.05, 0) is 12.8 Å². The minimum atomic E-state index is -0.0509. The first-order chi connectivity index (χ1) is 3.31. The minimum absolute atomic E-state index is 0. The lowest BCUT2D eigenvalue weighted by Gasteiger charge is -2.01. The Kier molecular flexibility index (Phi) is 9.36. The van der Waals surface area contributed by atoms with Gasteiger partial charge in [0.2, 0.25) is 0 Å². The molecular weight excluding hydrogens is 104 g/mol. The van der Waals surface area contributed by atoms with E-state index in [1.807, 2.05) is 6.92 Å². The smallest absolute Gasteiger partial charge is 0.0537 e. The number of rotatable bonds is 3. The van der Waals surface area contributed by atoms with Crippen molar-refractivity contribution in [3.63, 3.8) is 0 Å². The highest BCUT2D eigenvalue weighted by molar-refractivity contribution is 4.47. The highest BCUT2D eigenvalue weighted by Crippen LogP contribution is 1.98. The van der Waals surface area contributed by atoms with Gasteiger partial charge in [0.15, 0.2) is 0 Å². The fourth-order valence-corrected chi connectivity index (χ4v) is 0.537. The Bertz CT molecular complexity index is 37.5. The second-order valence-corrected chi connectivity index (χ2v) is 1.85. The summed E-state index contributed by atoms with van der Waals surface area (Å²) in [7, 11) is 0. The maximum atomic E-state index is 8.86. The van der Waals surface area contributed by atoms with Crippen LogP contribution in [0.3, 0.4) is 0 Å². The Morgan fingerprint density at radius 3 is 2.00 bits per heavy atom. The molecule has 0 spiro atoms. The zero-order valence-electron chi connectivity index (χ0n) is 5.65. The summed E-state index contributed by atoms with van der Waals surface area (Å²) in [4.78, 5) is 0. The van der Waals surface area contributed by atoms with Gasteiger partial charge in [-0.1, -0.05) is 20.3 Å². The molecule has 2 heteroatoms. The Morgan fingerprint density at radius 2 is 1.88 bits per heavy atom. The summed E-state index contributed by atoms with van der Waals surface area (Å²) in [5.41, 5.74) is 0. The van der Waals surface area contributed by atoms with Crippen LogP contribution in [-0.2, 0) is 0 Å². The lowest BCUT2D eigenvalue weighted by Crippen LogP contribution is -2.01. The van der Waals surface area contributed by atoms with Gasteiger partial charge >= 0.3 is 0 Å². The zero-order valence-corrected chi connectivity index (χ0v) is 5.65. The van der Waals surface area contributed by atoms with Crippen molar-refractivity contribution >= 4 is 0 Å². The molecule has 0 aliphatic carbocycles. The second kappa shape index (κ2) is 6.92. The van der Waals surface area contributed by atoms with Crippen molar-refractivity contribution in [3.8, 4) is 0 Å². The topological polar surface area (TPSA) is 51.7 Å². The van der Waals surface area contributed by atoms with Crippen molar-refractivity contribution in [1.29, 1.82) is 0 Å². The summed E-state index contributed by atoms with van der Waals surface area (Å²) in [6.45, 7) is 4.08. The fourth-order valence-electron chi connectivity index (χ4n) is 0.537. The van der Waals surface area contributed by atoms with Gasteiger partial charge in [0, 0.05) is 0 Å². The zero-order chi connectivity index (χ0) is 5.70. The molecule has 1 atom stereocenters. The molecule has 0 rings (SSSR count). The molecule has 0 aromatic carbocycles. The first-order valence-electron chi connectivity index (χ1n) is 2.99. The van der Waals surface area contributed by atoms with Crippen LogP contribution >= 0.6 is 0 Å². The third kappa shape index (κ3) is 5.92. The number of aliphatic hydroxyl groups is 1. The molecular formula is C6H16O2. The molecule has 8 heavy (non-hydrogen) atoms. The van der Waals surface area contributed by atoms with Crippen LogP contribution in [0.5, 0.6) is 0 Å². The van der Waals surface area contributed by atoms with Crippen molar-refractivity contribution < 1.29 is 10.6 Å². The summed E-state index contributed by atoms with van der Waals surface area (Å²) in [5, 5.41) is 8.86. The Labute approximate surface area is 50.8 Å². The molecule has 0 aliphatic rings. The molecule has 0 fully saturated rings. The molecule has 0 aliphatic heterocycles. The van der Waals surface area contributed by atoms with E-state index in [4.69, 9.17) is 5.11 Å². The van der Waals surface area contributed by atoms with Gasteiger partial charge in [-0.15, -0.1) is 0 Å². The van der Waals surface area contributed by atoms with Crippen molar-refractivity contribution in [2.24, 2.45) is 0 Å². The van der Waals surface area contributed by atoms with E-state index in [1.54, 1.807) is 0 Å². The molecule has 0 radical (unpaired) electrons. The van der Waals surface area contributed by atoms with Gasteiger partial charge in [-0.25, -0.2) is 0 Å². The second-order valence-electron chi connectivity index (χ2n) is 1.85. The Morgan fingerprint density at radius 1 is 1.38 bits per heavy atom. The molecule has 1 unspecified atom stereocenters. The molecule has 2 nitrogen and oxygen atoms in total. The van der Waals surface area contributed by atoms with E-state index < -0.39 is 0 Å². The molecule has 0 saturated carbocycles. The fraction of sp³-hybridized carbons (Fsp3) is 1.00. The number of aliphatic hydroxyl groups excluding tert-OH is 1. The van der Waals surface area contributed by atoms with E-state index in [1.165, 1.54) is 0 Å². The Hall–Kier alpha value is -0.0800. The van der Waals surface area contributed by atoms with Gasteiger partial charge in [0.05, 0.1) is 6.10 Å². The van der Waals surface area contributed by atoms with Crippen molar-refractivity contribution in [2.45, 2.75) is 39.2 Å². The summed E-state index contributed by atoms with van der Waals surface area (Å²) in [6, 6.07) is 0. The molecule has 0 aromatic heterocycles. The highest BCUT2D eigenvalue weighted by Gasteiger charge is 1.94. The van der Waals surface area contributed by atoms with Gasteiger partial charge in [0.25, 0.3) is 0 Å². The maximum Gasteiger partial charge on any atom is 0.0537 e. The summed E-state index contributed by atoms with van der Waals surface area (Å²) >= 11 is 0. The third-order valence-electron chi connectivity index (χ3n) is 1.09. The van der Waals surface area contributed by atoms with E-state index in [0.717, 1.165) is 19.3 Å². The van der Waals surface area contributed by atoms with Crippen molar-refractivity contribution in [2.75, 3.05) is 0 Å². The number of hydrogen-bond acceptors (Lipinski definition) is 1. The predicted octanol–water partition coefficient (Wildman–Crippen LogP) is 0.733. The van der Waals surface area contributed by atoms with E-state index in [9.17, 15) is 0 Å². The lowest BCUT2D eigenvalue weighted by atomic mass is 10.2. The van der Waals surface area contributed by atoms with Crippen molar-refractivity contribution in [1.82, 2.24) is 0 Å². The minimum Gasteiger partial charge on any atom is -0.412 e. The van der Waals surface area contributed by atoms with Gasteiger partial charge in [0.1, 0.15) is 0 Å².